The minimum absolute atomic E-state index is 0.0770. The second kappa shape index (κ2) is 25.2. The van der Waals surface area contributed by atoms with Crippen LogP contribution < -0.4 is 16.0 Å². The third kappa shape index (κ3) is 23.1. The van der Waals surface area contributed by atoms with Gasteiger partial charge in [0.1, 0.15) is 25.3 Å². The van der Waals surface area contributed by atoms with Gasteiger partial charge in [0.25, 0.3) is 0 Å². The number of phosphoric acid groups is 1. The zero-order valence-electron chi connectivity index (χ0n) is 27.0. The van der Waals surface area contributed by atoms with Gasteiger partial charge in [-0.2, -0.15) is 0 Å². The van der Waals surface area contributed by atoms with Crippen molar-refractivity contribution in [2.24, 2.45) is 0 Å². The summed E-state index contributed by atoms with van der Waals surface area (Å²) in [6.45, 7) is 7.41. The molecule has 0 saturated heterocycles. The molecule has 0 fully saturated rings. The Kier molecular flexibility index (Phi) is 23.6. The van der Waals surface area contributed by atoms with Crippen molar-refractivity contribution in [3.63, 3.8) is 0 Å². The molecule has 0 rings (SSSR count). The summed E-state index contributed by atoms with van der Waals surface area (Å²) in [7, 11) is -2.89. The Bertz CT molecular complexity index is 894. The van der Waals surface area contributed by atoms with Crippen LogP contribution in [0.2, 0.25) is 0 Å². The monoisotopic (exact) mass is 670 g/mol. The van der Waals surface area contributed by atoms with Gasteiger partial charge in [0.2, 0.25) is 5.91 Å². The summed E-state index contributed by atoms with van der Waals surface area (Å²) in [5, 5.41) is 7.54. The number of phosphoric ester groups is 1. The van der Waals surface area contributed by atoms with Crippen molar-refractivity contribution in [3.8, 4) is 0 Å². The normalized spacial score (nSPS) is 13.6. The highest BCUT2D eigenvalue weighted by Gasteiger charge is 2.21. The number of hydrogen-bond donors (Lipinski definition) is 4. The molecule has 0 heterocycles. The number of esters is 2. The lowest BCUT2D eigenvalue weighted by atomic mass is 10.2. The standard InChI is InChI=1S/C27H51N4O13P/c1-6-15-42-26(35)29-21(3)24(33)40-18-13-31(14-19-41-25(34)22(4)30-27(36)43-16-7-2)20-23(32)28-12-10-8-9-11-17-44-45(37,38)39-5/h21-22H,6-20H2,1-5H3,(H,28,32)(H,29,35)(H,30,36)(H,37,38). The molecule has 3 unspecified atom stereocenters. The van der Waals surface area contributed by atoms with Crippen LogP contribution in [0.5, 0.6) is 0 Å². The molecular formula is C27H51N4O13P. The van der Waals surface area contributed by atoms with Gasteiger partial charge in [-0.25, -0.2) is 23.7 Å². The van der Waals surface area contributed by atoms with Crippen molar-refractivity contribution in [3.05, 3.63) is 0 Å². The van der Waals surface area contributed by atoms with Gasteiger partial charge in [0.15, 0.2) is 0 Å². The van der Waals surface area contributed by atoms with Crippen LogP contribution in [-0.2, 0) is 46.9 Å². The number of alkyl carbamates (subject to hydrolysis) is 2. The van der Waals surface area contributed by atoms with Gasteiger partial charge >= 0.3 is 31.9 Å². The van der Waals surface area contributed by atoms with Gasteiger partial charge in [-0.1, -0.05) is 26.7 Å². The van der Waals surface area contributed by atoms with Gasteiger partial charge in [-0.15, -0.1) is 0 Å². The van der Waals surface area contributed by atoms with Crippen molar-refractivity contribution in [1.82, 2.24) is 20.9 Å². The van der Waals surface area contributed by atoms with Crippen LogP contribution in [0, 0.1) is 0 Å². The van der Waals surface area contributed by atoms with Crippen LogP contribution in [0.4, 0.5) is 9.59 Å². The van der Waals surface area contributed by atoms with E-state index in [-0.39, 0.29) is 58.6 Å². The van der Waals surface area contributed by atoms with E-state index in [2.05, 4.69) is 20.5 Å². The first-order chi connectivity index (χ1) is 21.3. The summed E-state index contributed by atoms with van der Waals surface area (Å²) in [6.07, 6.45) is 2.47. The molecule has 0 radical (unpaired) electrons. The quantitative estimate of drug-likeness (QED) is 0.0472. The average molecular weight is 671 g/mol. The van der Waals surface area contributed by atoms with Crippen molar-refractivity contribution in [2.45, 2.75) is 78.3 Å². The minimum atomic E-state index is -3.98. The molecule has 0 aliphatic heterocycles. The van der Waals surface area contributed by atoms with Crippen LogP contribution in [0.25, 0.3) is 0 Å². The number of amides is 3. The van der Waals surface area contributed by atoms with E-state index in [1.54, 1.807) is 4.90 Å². The van der Waals surface area contributed by atoms with Gasteiger partial charge in [-0.05, 0) is 39.5 Å². The Morgan fingerprint density at radius 2 is 1.22 bits per heavy atom. The lowest BCUT2D eigenvalue weighted by Gasteiger charge is -2.22. The van der Waals surface area contributed by atoms with Crippen molar-refractivity contribution in [1.29, 1.82) is 0 Å². The van der Waals surface area contributed by atoms with Crippen LogP contribution in [0.1, 0.15) is 66.2 Å². The lowest BCUT2D eigenvalue weighted by molar-refractivity contribution is -0.146. The fourth-order valence-corrected chi connectivity index (χ4v) is 3.78. The lowest BCUT2D eigenvalue weighted by Crippen LogP contribution is -2.44. The summed E-state index contributed by atoms with van der Waals surface area (Å²) in [5.74, 6) is -1.69. The molecule has 3 atom stereocenters. The maximum Gasteiger partial charge on any atom is 0.471 e. The smallest absolute Gasteiger partial charge is 0.463 e. The Morgan fingerprint density at radius 1 is 0.733 bits per heavy atom. The zero-order valence-corrected chi connectivity index (χ0v) is 27.9. The molecule has 17 nitrogen and oxygen atoms in total. The molecule has 0 bridgehead atoms. The van der Waals surface area contributed by atoms with Gasteiger partial charge < -0.3 is 39.8 Å². The SMILES string of the molecule is CCCOC(=O)NC(C)C(=O)OCCN(CCOC(=O)C(C)NC(=O)OCCC)CC(=O)NCCCCCCOP(=O)(O)OC. The summed E-state index contributed by atoms with van der Waals surface area (Å²) < 4.78 is 40.6. The van der Waals surface area contributed by atoms with Crippen molar-refractivity contribution < 1.29 is 61.4 Å². The zero-order chi connectivity index (χ0) is 34.1. The largest absolute Gasteiger partial charge is 0.471 e. The van der Waals surface area contributed by atoms with E-state index in [0.717, 1.165) is 20.0 Å². The summed E-state index contributed by atoms with van der Waals surface area (Å²) in [6, 6.07) is -1.91. The number of carbonyl (C=O) groups is 5. The van der Waals surface area contributed by atoms with E-state index in [4.69, 9.17) is 23.5 Å². The summed E-state index contributed by atoms with van der Waals surface area (Å²) in [4.78, 5) is 71.3. The second-order valence-electron chi connectivity index (χ2n) is 9.86. The minimum Gasteiger partial charge on any atom is -0.463 e. The van der Waals surface area contributed by atoms with Gasteiger partial charge in [0.05, 0.1) is 26.4 Å². The first-order valence-corrected chi connectivity index (χ1v) is 16.6. The molecule has 0 aromatic heterocycles. The number of nitrogens with zero attached hydrogens (tertiary/aromatic N) is 1. The molecular weight excluding hydrogens is 619 g/mol. The Morgan fingerprint density at radius 3 is 1.69 bits per heavy atom. The Balaban J connectivity index is 4.75. The molecule has 4 N–H and O–H groups in total. The third-order valence-corrected chi connectivity index (χ3v) is 6.77. The highest BCUT2D eigenvalue weighted by atomic mass is 31.2. The van der Waals surface area contributed by atoms with E-state index in [1.807, 2.05) is 13.8 Å². The number of unbranched alkanes of at least 4 members (excludes halogenated alkanes) is 3. The van der Waals surface area contributed by atoms with E-state index >= 15 is 0 Å². The molecule has 18 heteroatoms. The van der Waals surface area contributed by atoms with E-state index in [1.165, 1.54) is 13.8 Å². The maximum atomic E-state index is 12.6. The van der Waals surface area contributed by atoms with Crippen LogP contribution in [0.15, 0.2) is 0 Å². The highest BCUT2D eigenvalue weighted by molar-refractivity contribution is 7.47. The Hall–Kier alpha value is -2.98. The van der Waals surface area contributed by atoms with Crippen molar-refractivity contribution in [2.75, 3.05) is 66.3 Å². The number of hydrogen-bond acceptors (Lipinski definition) is 13. The molecule has 0 aliphatic rings. The van der Waals surface area contributed by atoms with E-state index in [0.29, 0.717) is 32.2 Å². The first kappa shape index (κ1) is 42.0. The molecule has 3 amide bonds. The first-order valence-electron chi connectivity index (χ1n) is 15.1. The predicted molar refractivity (Wildman–Crippen MR) is 161 cm³/mol. The highest BCUT2D eigenvalue weighted by Crippen LogP contribution is 2.41. The van der Waals surface area contributed by atoms with Crippen LogP contribution in [0.3, 0.4) is 0 Å². The van der Waals surface area contributed by atoms with Crippen LogP contribution in [-0.4, -0.2) is 118 Å². The van der Waals surface area contributed by atoms with E-state index < -0.39 is 44.0 Å². The van der Waals surface area contributed by atoms with Crippen molar-refractivity contribution >= 4 is 37.9 Å². The number of rotatable bonds is 25. The Labute approximate surface area is 264 Å². The summed E-state index contributed by atoms with van der Waals surface area (Å²) in [5.41, 5.74) is 0. The number of carbonyl (C=O) groups excluding carboxylic acids is 5. The second-order valence-corrected chi connectivity index (χ2v) is 11.4. The number of ether oxygens (including phenoxy) is 4. The molecule has 262 valence electrons. The number of nitrogens with one attached hydrogen (secondary N) is 3. The van der Waals surface area contributed by atoms with Gasteiger partial charge in [0, 0.05) is 26.7 Å². The molecule has 45 heavy (non-hydrogen) atoms. The van der Waals surface area contributed by atoms with E-state index in [9.17, 15) is 33.4 Å². The maximum absolute atomic E-state index is 12.6. The fraction of sp³-hybridized carbons (Fsp3) is 0.815. The summed E-state index contributed by atoms with van der Waals surface area (Å²) >= 11 is 0. The fourth-order valence-electron chi connectivity index (χ4n) is 3.31. The van der Waals surface area contributed by atoms with Gasteiger partial charge in [-0.3, -0.25) is 18.7 Å². The topological polar surface area (TPSA) is 217 Å². The predicted octanol–water partition coefficient (Wildman–Crippen LogP) is 1.86. The molecule has 0 aliphatic carbocycles. The molecule has 0 aromatic rings. The molecule has 0 saturated carbocycles. The molecule has 0 spiro atoms. The molecule has 0 aromatic carbocycles. The average Bonchev–Trinajstić information content (AvgIpc) is 2.99. The third-order valence-electron chi connectivity index (χ3n) is 5.80. The van der Waals surface area contributed by atoms with Crippen LogP contribution >= 0.6 is 7.82 Å².